The highest BCUT2D eigenvalue weighted by Gasteiger charge is 2.19. The maximum atomic E-state index is 6.09. The number of hydrogen-bond donors (Lipinski definition) is 1. The third kappa shape index (κ3) is 2.16. The van der Waals surface area contributed by atoms with Crippen LogP contribution in [0.3, 0.4) is 0 Å². The lowest BCUT2D eigenvalue weighted by atomic mass is 9.99. The van der Waals surface area contributed by atoms with Gasteiger partial charge in [-0.15, -0.1) is 0 Å². The number of rotatable bonds is 4. The highest BCUT2D eigenvalue weighted by Crippen LogP contribution is 2.29. The van der Waals surface area contributed by atoms with Gasteiger partial charge in [0.15, 0.2) is 0 Å². The summed E-state index contributed by atoms with van der Waals surface area (Å²) in [5, 5.41) is 0. The van der Waals surface area contributed by atoms with Gasteiger partial charge in [0.2, 0.25) is 0 Å². The number of aromatic nitrogens is 2. The Balaban J connectivity index is 3.14. The van der Waals surface area contributed by atoms with Crippen LogP contribution in [-0.4, -0.2) is 9.55 Å². The zero-order valence-corrected chi connectivity index (χ0v) is 10.5. The molecular formula is C12H23N3. The van der Waals surface area contributed by atoms with Crippen molar-refractivity contribution in [2.24, 2.45) is 7.05 Å². The maximum Gasteiger partial charge on any atom is 0.126 e. The Morgan fingerprint density at radius 3 is 2.13 bits per heavy atom. The van der Waals surface area contributed by atoms with E-state index >= 15 is 0 Å². The maximum absolute atomic E-state index is 6.09. The lowest BCUT2D eigenvalue weighted by Crippen LogP contribution is -2.04. The fourth-order valence-corrected chi connectivity index (χ4v) is 2.04. The lowest BCUT2D eigenvalue weighted by Gasteiger charge is -2.09. The molecule has 0 bridgehead atoms. The van der Waals surface area contributed by atoms with Gasteiger partial charge in [0.1, 0.15) is 11.6 Å². The fraction of sp³-hybridized carbons (Fsp3) is 0.750. The second kappa shape index (κ2) is 4.69. The molecule has 15 heavy (non-hydrogen) atoms. The van der Waals surface area contributed by atoms with Gasteiger partial charge in [0.05, 0.1) is 5.69 Å². The van der Waals surface area contributed by atoms with Crippen LogP contribution >= 0.6 is 0 Å². The van der Waals surface area contributed by atoms with Crippen molar-refractivity contribution >= 4 is 5.82 Å². The molecule has 0 amide bonds. The Morgan fingerprint density at radius 1 is 1.27 bits per heavy atom. The summed E-state index contributed by atoms with van der Waals surface area (Å²) in [6, 6.07) is 0. The minimum atomic E-state index is 0.431. The van der Waals surface area contributed by atoms with Crippen LogP contribution in [0, 0.1) is 0 Å². The molecule has 3 nitrogen and oxygen atoms in total. The first-order valence-corrected chi connectivity index (χ1v) is 5.84. The first-order valence-electron chi connectivity index (χ1n) is 5.84. The summed E-state index contributed by atoms with van der Waals surface area (Å²) in [6.07, 6.45) is 2.21. The molecular weight excluding hydrogens is 186 g/mol. The number of nitrogens with two attached hydrogens (primary N) is 1. The average Bonchev–Trinajstić information content (AvgIpc) is 2.48. The van der Waals surface area contributed by atoms with Crippen LogP contribution in [0.5, 0.6) is 0 Å². The van der Waals surface area contributed by atoms with E-state index in [9.17, 15) is 0 Å². The van der Waals surface area contributed by atoms with Crippen molar-refractivity contribution in [1.29, 1.82) is 0 Å². The fourth-order valence-electron chi connectivity index (χ4n) is 2.04. The summed E-state index contributed by atoms with van der Waals surface area (Å²) in [4.78, 5) is 4.69. The van der Waals surface area contributed by atoms with E-state index in [0.717, 1.165) is 30.2 Å². The summed E-state index contributed by atoms with van der Waals surface area (Å²) < 4.78 is 2.03. The molecule has 0 saturated carbocycles. The van der Waals surface area contributed by atoms with E-state index in [2.05, 4.69) is 32.7 Å². The van der Waals surface area contributed by atoms with Gasteiger partial charge in [-0.1, -0.05) is 27.7 Å². The minimum absolute atomic E-state index is 0.431. The average molecular weight is 209 g/mol. The van der Waals surface area contributed by atoms with Crippen molar-refractivity contribution in [2.45, 2.75) is 52.4 Å². The Labute approximate surface area is 92.7 Å². The molecule has 2 N–H and O–H groups in total. The first kappa shape index (κ1) is 12.1. The Kier molecular flexibility index (Phi) is 3.77. The van der Waals surface area contributed by atoms with E-state index in [1.807, 2.05) is 11.6 Å². The molecule has 0 fully saturated rings. The molecule has 0 aliphatic carbocycles. The molecule has 0 aromatic carbocycles. The second-order valence-corrected chi connectivity index (χ2v) is 4.47. The van der Waals surface area contributed by atoms with E-state index < -0.39 is 0 Å². The molecule has 0 aliphatic rings. The van der Waals surface area contributed by atoms with Crippen LogP contribution < -0.4 is 5.73 Å². The van der Waals surface area contributed by atoms with Crippen molar-refractivity contribution in [2.75, 3.05) is 5.73 Å². The van der Waals surface area contributed by atoms with Gasteiger partial charge in [0, 0.05) is 18.9 Å². The molecule has 0 atom stereocenters. The van der Waals surface area contributed by atoms with Crippen LogP contribution in [0.25, 0.3) is 0 Å². The number of nitrogen functional groups attached to an aromatic ring is 1. The highest BCUT2D eigenvalue weighted by atomic mass is 15.1. The number of anilines is 1. The summed E-state index contributed by atoms with van der Waals surface area (Å²) in [5.74, 6) is 2.87. The van der Waals surface area contributed by atoms with Gasteiger partial charge in [-0.2, -0.15) is 0 Å². The molecule has 1 aromatic rings. The predicted octanol–water partition coefficient (Wildman–Crippen LogP) is 3.03. The third-order valence-corrected chi connectivity index (χ3v) is 3.09. The zero-order valence-electron chi connectivity index (χ0n) is 10.5. The smallest absolute Gasteiger partial charge is 0.126 e. The molecule has 1 heterocycles. The van der Waals surface area contributed by atoms with E-state index in [-0.39, 0.29) is 0 Å². The molecule has 86 valence electrons. The van der Waals surface area contributed by atoms with Crippen molar-refractivity contribution in [1.82, 2.24) is 9.55 Å². The van der Waals surface area contributed by atoms with E-state index in [4.69, 9.17) is 5.73 Å². The largest absolute Gasteiger partial charge is 0.384 e. The second-order valence-electron chi connectivity index (χ2n) is 4.47. The highest BCUT2D eigenvalue weighted by molar-refractivity contribution is 5.40. The van der Waals surface area contributed by atoms with Gasteiger partial charge in [-0.3, -0.25) is 0 Å². The number of imidazole rings is 1. The normalized spacial score (nSPS) is 11.7. The Morgan fingerprint density at radius 2 is 1.80 bits per heavy atom. The van der Waals surface area contributed by atoms with Gasteiger partial charge < -0.3 is 10.3 Å². The van der Waals surface area contributed by atoms with E-state index in [1.54, 1.807) is 0 Å². The van der Waals surface area contributed by atoms with E-state index in [0.29, 0.717) is 11.8 Å². The molecule has 0 aliphatic heterocycles. The predicted molar refractivity (Wildman–Crippen MR) is 65.0 cm³/mol. The third-order valence-electron chi connectivity index (χ3n) is 3.09. The zero-order chi connectivity index (χ0) is 11.6. The molecule has 0 radical (unpaired) electrons. The van der Waals surface area contributed by atoms with Crippen LogP contribution in [0.4, 0.5) is 5.82 Å². The summed E-state index contributed by atoms with van der Waals surface area (Å²) in [6.45, 7) is 8.69. The molecule has 1 aromatic heterocycles. The molecule has 3 heteroatoms. The number of nitrogens with zero attached hydrogens (tertiary/aromatic N) is 2. The van der Waals surface area contributed by atoms with Crippen molar-refractivity contribution in [3.05, 3.63) is 11.5 Å². The molecule has 0 spiro atoms. The van der Waals surface area contributed by atoms with Gasteiger partial charge >= 0.3 is 0 Å². The van der Waals surface area contributed by atoms with Gasteiger partial charge in [-0.25, -0.2) is 4.98 Å². The quantitative estimate of drug-likeness (QED) is 0.828. The monoisotopic (exact) mass is 209 g/mol. The first-order chi connectivity index (χ1) is 7.02. The van der Waals surface area contributed by atoms with Crippen molar-refractivity contribution < 1.29 is 0 Å². The standard InChI is InChI=1S/C12H23N3/c1-6-9(7-2)10-11(13)15(5)12(14-10)8(3)4/h8-9H,6-7,13H2,1-5H3. The summed E-state index contributed by atoms with van der Waals surface area (Å²) >= 11 is 0. The lowest BCUT2D eigenvalue weighted by molar-refractivity contribution is 0.624. The van der Waals surface area contributed by atoms with Crippen LogP contribution in [0.1, 0.15) is 63.9 Å². The summed E-state index contributed by atoms with van der Waals surface area (Å²) in [5.41, 5.74) is 7.18. The van der Waals surface area contributed by atoms with E-state index in [1.165, 1.54) is 0 Å². The van der Waals surface area contributed by atoms with Crippen molar-refractivity contribution in [3.63, 3.8) is 0 Å². The molecule has 1 rings (SSSR count). The Bertz CT molecular complexity index is 322. The molecule has 0 saturated heterocycles. The van der Waals surface area contributed by atoms with Gasteiger partial charge in [-0.05, 0) is 12.8 Å². The number of hydrogen-bond acceptors (Lipinski definition) is 2. The van der Waals surface area contributed by atoms with Crippen molar-refractivity contribution in [3.8, 4) is 0 Å². The SMILES string of the molecule is CCC(CC)c1nc(C(C)C)n(C)c1N. The van der Waals surface area contributed by atoms with Crippen LogP contribution in [0.15, 0.2) is 0 Å². The minimum Gasteiger partial charge on any atom is -0.384 e. The Hall–Kier alpha value is -0.990. The molecule has 0 unspecified atom stereocenters. The van der Waals surface area contributed by atoms with Gasteiger partial charge in [0.25, 0.3) is 0 Å². The van der Waals surface area contributed by atoms with Crippen LogP contribution in [0.2, 0.25) is 0 Å². The van der Waals surface area contributed by atoms with Crippen LogP contribution in [-0.2, 0) is 7.05 Å². The summed E-state index contributed by atoms with van der Waals surface area (Å²) in [7, 11) is 2.00. The topological polar surface area (TPSA) is 43.8 Å².